The molecule has 1 unspecified atom stereocenters. The molecule has 44 heavy (non-hydrogen) atoms. The van der Waals surface area contributed by atoms with E-state index in [1.54, 1.807) is 69.4 Å². The molecule has 4 aromatic rings. The number of ether oxygens (including phenoxy) is 1. The van der Waals surface area contributed by atoms with Gasteiger partial charge in [-0.1, -0.05) is 12.1 Å². The van der Waals surface area contributed by atoms with E-state index in [2.05, 4.69) is 10.1 Å². The maximum Gasteiger partial charge on any atom is 0.433 e. The van der Waals surface area contributed by atoms with E-state index in [1.165, 1.54) is 18.9 Å². The summed E-state index contributed by atoms with van der Waals surface area (Å²) in [5.41, 5.74) is 5.44. The molecule has 0 aliphatic heterocycles. The number of aliphatic hydroxyl groups is 1. The minimum Gasteiger partial charge on any atom is -0.497 e. The van der Waals surface area contributed by atoms with Crippen molar-refractivity contribution < 1.29 is 32.6 Å². The maximum absolute atomic E-state index is 14.4. The number of primary amides is 1. The zero-order chi connectivity index (χ0) is 32.3. The van der Waals surface area contributed by atoms with Crippen molar-refractivity contribution >= 4 is 17.5 Å². The predicted octanol–water partition coefficient (Wildman–Crippen LogP) is 4.35. The highest BCUT2D eigenvalue weighted by molar-refractivity contribution is 6.00. The molecule has 2 aromatic carbocycles. The van der Waals surface area contributed by atoms with Crippen LogP contribution in [0.4, 0.5) is 13.2 Å². The van der Waals surface area contributed by atoms with E-state index < -0.39 is 29.7 Å². The number of rotatable bonds is 11. The fraction of sp³-hybridized carbons (Fsp3) is 0.355. The van der Waals surface area contributed by atoms with Crippen LogP contribution in [0.3, 0.4) is 0 Å². The minimum absolute atomic E-state index is 0.0711. The van der Waals surface area contributed by atoms with Crippen molar-refractivity contribution in [1.82, 2.24) is 24.4 Å². The van der Waals surface area contributed by atoms with Gasteiger partial charge in [-0.15, -0.1) is 0 Å². The normalized spacial score (nSPS) is 12.6. The molecule has 10 nitrogen and oxygen atoms in total. The lowest BCUT2D eigenvalue weighted by molar-refractivity contribution is -0.143. The van der Waals surface area contributed by atoms with Crippen molar-refractivity contribution in [2.45, 2.75) is 39.0 Å². The van der Waals surface area contributed by atoms with Gasteiger partial charge in [0.2, 0.25) is 5.91 Å². The van der Waals surface area contributed by atoms with Crippen molar-refractivity contribution in [2.75, 3.05) is 33.9 Å². The maximum atomic E-state index is 14.4. The van der Waals surface area contributed by atoms with Crippen molar-refractivity contribution in [2.24, 2.45) is 5.73 Å². The minimum atomic E-state index is -4.77. The zero-order valence-corrected chi connectivity index (χ0v) is 25.1. The van der Waals surface area contributed by atoms with Crippen LogP contribution in [0.25, 0.3) is 16.9 Å². The van der Waals surface area contributed by atoms with Gasteiger partial charge in [0.25, 0.3) is 5.91 Å². The van der Waals surface area contributed by atoms with Crippen molar-refractivity contribution in [3.63, 3.8) is 0 Å². The standard InChI is InChI=1S/C31H35F3N6O4/c1-18(2)39(14-13-38(4)25(17-41)21-7-6-8-22(15-21)28(35)42)30(43)24-16-36-40-27(31(32,33)34)19(3)26(37-29(24)40)20-9-11-23(44-5)12-10-20/h6-12,15-16,18,25,41H,13-14,17H2,1-5H3,(H2,35,42). The lowest BCUT2D eigenvalue weighted by Gasteiger charge is -2.32. The van der Waals surface area contributed by atoms with Gasteiger partial charge in [0.1, 0.15) is 11.3 Å². The first kappa shape index (κ1) is 32.4. The molecule has 0 saturated carbocycles. The quantitative estimate of drug-likeness (QED) is 0.258. The van der Waals surface area contributed by atoms with Crippen LogP contribution in [0, 0.1) is 6.92 Å². The highest BCUT2D eigenvalue weighted by Crippen LogP contribution is 2.37. The molecule has 0 aliphatic rings. The lowest BCUT2D eigenvalue weighted by Crippen LogP contribution is -2.43. The number of hydrogen-bond donors (Lipinski definition) is 2. The Morgan fingerprint density at radius 3 is 2.36 bits per heavy atom. The average molecular weight is 613 g/mol. The molecule has 0 aliphatic carbocycles. The van der Waals surface area contributed by atoms with Crippen LogP contribution in [0.15, 0.2) is 54.7 Å². The molecule has 13 heteroatoms. The number of nitrogens with two attached hydrogens (primary N) is 1. The third kappa shape index (κ3) is 6.53. The summed E-state index contributed by atoms with van der Waals surface area (Å²) in [7, 11) is 3.25. The third-order valence-electron chi connectivity index (χ3n) is 7.58. The summed E-state index contributed by atoms with van der Waals surface area (Å²) < 4.78 is 48.9. The molecule has 3 N–H and O–H groups in total. The highest BCUT2D eigenvalue weighted by Gasteiger charge is 2.39. The molecular formula is C31H35F3N6O4. The fourth-order valence-corrected chi connectivity index (χ4v) is 5.16. The number of likely N-dealkylation sites (N-methyl/N-ethyl adjacent to an activating group) is 1. The zero-order valence-electron chi connectivity index (χ0n) is 25.1. The Morgan fingerprint density at radius 1 is 1.11 bits per heavy atom. The summed E-state index contributed by atoms with van der Waals surface area (Å²) in [5.74, 6) is -0.598. The summed E-state index contributed by atoms with van der Waals surface area (Å²) >= 11 is 0. The topological polar surface area (TPSA) is 126 Å². The Balaban J connectivity index is 1.69. The predicted molar refractivity (Wildman–Crippen MR) is 158 cm³/mol. The molecule has 1 atom stereocenters. The number of carbonyl (C=O) groups is 2. The second-order valence-corrected chi connectivity index (χ2v) is 10.7. The molecule has 0 radical (unpaired) electrons. The number of hydrogen-bond acceptors (Lipinski definition) is 7. The number of carbonyl (C=O) groups excluding carboxylic acids is 2. The van der Waals surface area contributed by atoms with E-state index in [1.807, 2.05) is 4.90 Å². The summed E-state index contributed by atoms with van der Waals surface area (Å²) in [5, 5.41) is 14.1. The van der Waals surface area contributed by atoms with Crippen LogP contribution in [0.5, 0.6) is 5.75 Å². The summed E-state index contributed by atoms with van der Waals surface area (Å²) in [4.78, 5) is 33.4. The van der Waals surface area contributed by atoms with Gasteiger partial charge < -0.3 is 20.5 Å². The number of fused-ring (bicyclic) bond motifs is 1. The molecule has 0 fully saturated rings. The average Bonchev–Trinajstić information content (AvgIpc) is 3.39. The first-order valence-corrected chi connectivity index (χ1v) is 13.9. The number of aliphatic hydroxyl groups excluding tert-OH is 1. The Kier molecular flexibility index (Phi) is 9.59. The largest absolute Gasteiger partial charge is 0.497 e. The van der Waals surface area contributed by atoms with Crippen molar-refractivity contribution in [3.8, 4) is 17.0 Å². The summed E-state index contributed by atoms with van der Waals surface area (Å²) in [6, 6.07) is 12.3. The summed E-state index contributed by atoms with van der Waals surface area (Å²) in [6.07, 6.45) is -3.66. The number of halogens is 3. The van der Waals surface area contributed by atoms with Crippen LogP contribution in [-0.2, 0) is 6.18 Å². The smallest absolute Gasteiger partial charge is 0.433 e. The van der Waals surface area contributed by atoms with Gasteiger partial charge in [0, 0.05) is 35.8 Å². The molecule has 2 amide bonds. The van der Waals surface area contributed by atoms with Gasteiger partial charge >= 0.3 is 6.18 Å². The lowest BCUT2D eigenvalue weighted by atomic mass is 10.0. The second-order valence-electron chi connectivity index (χ2n) is 10.7. The fourth-order valence-electron chi connectivity index (χ4n) is 5.16. The number of benzene rings is 2. The van der Waals surface area contributed by atoms with Crippen LogP contribution in [0.1, 0.15) is 57.4 Å². The molecule has 0 bridgehead atoms. The number of nitrogens with zero attached hydrogens (tertiary/aromatic N) is 5. The molecule has 4 rings (SSSR count). The van der Waals surface area contributed by atoms with Gasteiger partial charge in [-0.05, 0) is 69.8 Å². The Labute approximate surface area is 252 Å². The highest BCUT2D eigenvalue weighted by atomic mass is 19.4. The monoisotopic (exact) mass is 612 g/mol. The van der Waals surface area contributed by atoms with Gasteiger partial charge in [0.15, 0.2) is 11.3 Å². The van der Waals surface area contributed by atoms with Gasteiger partial charge in [-0.25, -0.2) is 9.50 Å². The van der Waals surface area contributed by atoms with Crippen LogP contribution >= 0.6 is 0 Å². The van der Waals surface area contributed by atoms with E-state index in [-0.39, 0.29) is 41.7 Å². The van der Waals surface area contributed by atoms with Crippen LogP contribution in [-0.4, -0.2) is 81.2 Å². The number of amides is 2. The van der Waals surface area contributed by atoms with E-state index in [0.29, 0.717) is 33.5 Å². The first-order chi connectivity index (χ1) is 20.8. The molecule has 2 aromatic heterocycles. The Morgan fingerprint density at radius 2 is 1.80 bits per heavy atom. The van der Waals surface area contributed by atoms with E-state index in [9.17, 15) is 27.9 Å². The van der Waals surface area contributed by atoms with Crippen molar-refractivity contribution in [3.05, 3.63) is 82.7 Å². The molecule has 2 heterocycles. The van der Waals surface area contributed by atoms with Crippen LogP contribution < -0.4 is 10.5 Å². The number of aromatic nitrogens is 3. The number of alkyl halides is 3. The van der Waals surface area contributed by atoms with Gasteiger partial charge in [0.05, 0.1) is 31.6 Å². The Hall–Kier alpha value is -4.49. The second kappa shape index (κ2) is 13.0. The molecule has 234 valence electrons. The SMILES string of the molecule is COc1ccc(-c2nc3c(C(=O)N(CCN(C)C(CO)c4cccc(C(N)=O)c4)C(C)C)cnn3c(C(F)(F)F)c2C)cc1. The Bertz CT molecular complexity index is 1650. The van der Waals surface area contributed by atoms with E-state index in [4.69, 9.17) is 10.5 Å². The number of methoxy groups -OCH3 is 1. The molecular weight excluding hydrogens is 577 g/mol. The van der Waals surface area contributed by atoms with Gasteiger partial charge in [-0.3, -0.25) is 14.5 Å². The summed E-state index contributed by atoms with van der Waals surface area (Å²) in [6.45, 7) is 5.13. The van der Waals surface area contributed by atoms with E-state index >= 15 is 0 Å². The molecule has 0 saturated heterocycles. The van der Waals surface area contributed by atoms with Crippen LogP contribution in [0.2, 0.25) is 0 Å². The third-order valence-corrected chi connectivity index (χ3v) is 7.58. The van der Waals surface area contributed by atoms with Gasteiger partial charge in [-0.2, -0.15) is 18.3 Å². The first-order valence-electron chi connectivity index (χ1n) is 13.9. The van der Waals surface area contributed by atoms with Crippen molar-refractivity contribution in [1.29, 1.82) is 0 Å². The molecule has 0 spiro atoms. The van der Waals surface area contributed by atoms with E-state index in [0.717, 1.165) is 6.20 Å².